The summed E-state index contributed by atoms with van der Waals surface area (Å²) in [5.41, 5.74) is 3.37. The number of methoxy groups -OCH3 is 2. The van der Waals surface area contributed by atoms with Gasteiger partial charge >= 0.3 is 0 Å². The van der Waals surface area contributed by atoms with Gasteiger partial charge in [0.15, 0.2) is 5.13 Å². The Bertz CT molecular complexity index is 1450. The Hall–Kier alpha value is -3.89. The van der Waals surface area contributed by atoms with Gasteiger partial charge in [0.2, 0.25) is 0 Å². The summed E-state index contributed by atoms with van der Waals surface area (Å²) < 4.78 is 38.0. The first-order chi connectivity index (χ1) is 16.8. The quantitative estimate of drug-likeness (QED) is 0.339. The van der Waals surface area contributed by atoms with E-state index < -0.39 is 10.0 Å². The number of thiazole rings is 1. The number of nitrogens with one attached hydrogen (secondary N) is 2. The topological polar surface area (TPSA) is 107 Å². The number of amides is 1. The fourth-order valence-electron chi connectivity index (χ4n) is 3.33. The van der Waals surface area contributed by atoms with Crippen molar-refractivity contribution in [2.24, 2.45) is 0 Å². The van der Waals surface area contributed by atoms with Gasteiger partial charge in [0.05, 0.1) is 24.8 Å². The Kier molecular flexibility index (Phi) is 7.04. The molecule has 0 radical (unpaired) electrons. The van der Waals surface area contributed by atoms with Gasteiger partial charge in [0.25, 0.3) is 15.9 Å². The molecule has 1 amide bonds. The van der Waals surface area contributed by atoms with Crippen LogP contribution in [0.15, 0.2) is 77.0 Å². The van der Waals surface area contributed by atoms with Crippen LogP contribution in [0, 0.1) is 6.92 Å². The summed E-state index contributed by atoms with van der Waals surface area (Å²) in [6.45, 7) is 1.96. The van der Waals surface area contributed by atoms with E-state index in [9.17, 15) is 13.2 Å². The Morgan fingerprint density at radius 1 is 0.943 bits per heavy atom. The number of benzene rings is 3. The molecule has 4 aromatic rings. The molecule has 0 spiro atoms. The molecule has 10 heteroatoms. The normalized spacial score (nSPS) is 11.1. The molecular weight excluding hydrogens is 486 g/mol. The molecule has 1 heterocycles. The molecule has 4 rings (SSSR count). The van der Waals surface area contributed by atoms with Crippen molar-refractivity contribution in [3.05, 3.63) is 83.2 Å². The van der Waals surface area contributed by atoms with Crippen molar-refractivity contribution < 1.29 is 22.7 Å². The van der Waals surface area contributed by atoms with Crippen molar-refractivity contribution in [1.29, 1.82) is 0 Å². The van der Waals surface area contributed by atoms with E-state index in [1.807, 2.05) is 30.5 Å². The first-order valence-electron chi connectivity index (χ1n) is 10.5. The fraction of sp³-hybridized carbons (Fsp3) is 0.120. The average molecular weight is 510 g/mol. The number of carbonyl (C=O) groups excluding carboxylic acids is 1. The number of rotatable bonds is 8. The van der Waals surface area contributed by atoms with E-state index in [0.29, 0.717) is 22.1 Å². The van der Waals surface area contributed by atoms with Gasteiger partial charge < -0.3 is 9.47 Å². The maximum absolute atomic E-state index is 12.7. The van der Waals surface area contributed by atoms with E-state index in [0.717, 1.165) is 22.6 Å². The Morgan fingerprint density at radius 3 is 2.29 bits per heavy atom. The molecule has 0 aliphatic rings. The van der Waals surface area contributed by atoms with Crippen LogP contribution in [-0.2, 0) is 10.0 Å². The van der Waals surface area contributed by atoms with Gasteiger partial charge in [0.1, 0.15) is 11.5 Å². The average Bonchev–Trinajstić information content (AvgIpc) is 3.32. The number of hydrogen-bond donors (Lipinski definition) is 2. The lowest BCUT2D eigenvalue weighted by atomic mass is 10.1. The summed E-state index contributed by atoms with van der Waals surface area (Å²) in [4.78, 5) is 17.3. The summed E-state index contributed by atoms with van der Waals surface area (Å²) in [5, 5.41) is 5.11. The summed E-state index contributed by atoms with van der Waals surface area (Å²) in [6, 6.07) is 18.0. The molecule has 35 heavy (non-hydrogen) atoms. The fourth-order valence-corrected chi connectivity index (χ4v) is 5.10. The number of aryl methyl sites for hydroxylation is 1. The van der Waals surface area contributed by atoms with Gasteiger partial charge in [-0.3, -0.25) is 14.8 Å². The van der Waals surface area contributed by atoms with E-state index in [2.05, 4.69) is 15.0 Å². The monoisotopic (exact) mass is 509 g/mol. The molecule has 0 aliphatic heterocycles. The van der Waals surface area contributed by atoms with Crippen LogP contribution < -0.4 is 19.5 Å². The lowest BCUT2D eigenvalue weighted by molar-refractivity contribution is 0.102. The number of sulfonamides is 1. The molecule has 2 N–H and O–H groups in total. The second kappa shape index (κ2) is 10.2. The summed E-state index contributed by atoms with van der Waals surface area (Å²) >= 11 is 1.32. The lowest BCUT2D eigenvalue weighted by Gasteiger charge is -2.09. The van der Waals surface area contributed by atoms with Gasteiger partial charge in [0, 0.05) is 22.2 Å². The minimum absolute atomic E-state index is 0.103. The largest absolute Gasteiger partial charge is 0.497 e. The third kappa shape index (κ3) is 5.61. The van der Waals surface area contributed by atoms with Crippen molar-refractivity contribution in [1.82, 2.24) is 4.98 Å². The van der Waals surface area contributed by atoms with Gasteiger partial charge in [-0.15, -0.1) is 11.3 Å². The van der Waals surface area contributed by atoms with Gasteiger partial charge in [-0.25, -0.2) is 13.4 Å². The molecule has 0 saturated carbocycles. The number of hydrogen-bond acceptors (Lipinski definition) is 7. The van der Waals surface area contributed by atoms with Crippen molar-refractivity contribution in [3.8, 4) is 22.8 Å². The van der Waals surface area contributed by atoms with Crippen LogP contribution in [0.5, 0.6) is 11.5 Å². The minimum atomic E-state index is -3.77. The molecular formula is C25H23N3O5S2. The maximum atomic E-state index is 12.7. The highest BCUT2D eigenvalue weighted by Crippen LogP contribution is 2.29. The Morgan fingerprint density at radius 2 is 1.66 bits per heavy atom. The molecule has 0 fully saturated rings. The maximum Gasteiger partial charge on any atom is 0.261 e. The third-order valence-electron chi connectivity index (χ3n) is 5.18. The molecule has 0 aliphatic carbocycles. The first-order valence-corrected chi connectivity index (χ1v) is 12.8. The molecule has 0 bridgehead atoms. The van der Waals surface area contributed by atoms with E-state index in [1.165, 1.54) is 42.7 Å². The molecule has 1 aromatic heterocycles. The Balaban J connectivity index is 1.41. The van der Waals surface area contributed by atoms with Crippen molar-refractivity contribution in [2.75, 3.05) is 24.3 Å². The Labute approximate surface area is 207 Å². The first kappa shape index (κ1) is 24.2. The van der Waals surface area contributed by atoms with Crippen LogP contribution >= 0.6 is 11.3 Å². The van der Waals surface area contributed by atoms with Crippen LogP contribution in [0.3, 0.4) is 0 Å². The van der Waals surface area contributed by atoms with Gasteiger partial charge in [-0.1, -0.05) is 0 Å². The molecule has 180 valence electrons. The molecule has 0 saturated heterocycles. The number of carbonyl (C=O) groups is 1. The summed E-state index contributed by atoms with van der Waals surface area (Å²) in [7, 11) is -0.639. The minimum Gasteiger partial charge on any atom is -0.497 e. The smallest absolute Gasteiger partial charge is 0.261 e. The number of nitrogens with zero attached hydrogens (tertiary/aromatic N) is 1. The van der Waals surface area contributed by atoms with E-state index in [-0.39, 0.29) is 10.8 Å². The molecule has 0 atom stereocenters. The highest BCUT2D eigenvalue weighted by molar-refractivity contribution is 7.92. The van der Waals surface area contributed by atoms with E-state index in [1.54, 1.807) is 31.4 Å². The lowest BCUT2D eigenvalue weighted by Crippen LogP contribution is -2.14. The highest BCUT2D eigenvalue weighted by Gasteiger charge is 2.15. The van der Waals surface area contributed by atoms with Crippen molar-refractivity contribution in [2.45, 2.75) is 11.8 Å². The standard InChI is InChI=1S/C25H23N3O5S2/c1-16-14-18(6-13-23(16)33-3)22-15-34-25(26-22)27-24(29)17-4-7-19(8-5-17)28-35(30,31)21-11-9-20(32-2)10-12-21/h4-15,28H,1-3H3,(H,26,27,29). The number of aromatic nitrogens is 1. The summed E-state index contributed by atoms with van der Waals surface area (Å²) in [5.74, 6) is 1.01. The predicted octanol–water partition coefficient (Wildman–Crippen LogP) is 5.19. The van der Waals surface area contributed by atoms with Crippen LogP contribution in [-0.4, -0.2) is 33.5 Å². The zero-order valence-corrected chi connectivity index (χ0v) is 20.9. The van der Waals surface area contributed by atoms with Crippen molar-refractivity contribution >= 4 is 38.1 Å². The molecule has 8 nitrogen and oxygen atoms in total. The highest BCUT2D eigenvalue weighted by atomic mass is 32.2. The molecule has 3 aromatic carbocycles. The van der Waals surface area contributed by atoms with Gasteiger partial charge in [-0.05, 0) is 79.2 Å². The predicted molar refractivity (Wildman–Crippen MR) is 137 cm³/mol. The van der Waals surface area contributed by atoms with Crippen LogP contribution in [0.4, 0.5) is 10.8 Å². The van der Waals surface area contributed by atoms with E-state index >= 15 is 0 Å². The second-order valence-electron chi connectivity index (χ2n) is 7.53. The van der Waals surface area contributed by atoms with Crippen LogP contribution in [0.1, 0.15) is 15.9 Å². The second-order valence-corrected chi connectivity index (χ2v) is 10.1. The number of anilines is 2. The van der Waals surface area contributed by atoms with Crippen LogP contribution in [0.2, 0.25) is 0 Å². The van der Waals surface area contributed by atoms with Gasteiger partial charge in [-0.2, -0.15) is 0 Å². The van der Waals surface area contributed by atoms with Crippen molar-refractivity contribution in [3.63, 3.8) is 0 Å². The van der Waals surface area contributed by atoms with E-state index in [4.69, 9.17) is 9.47 Å². The SMILES string of the molecule is COc1ccc(S(=O)(=O)Nc2ccc(C(=O)Nc3nc(-c4ccc(OC)c(C)c4)cs3)cc2)cc1. The third-order valence-corrected chi connectivity index (χ3v) is 7.34. The number of ether oxygens (including phenoxy) is 2. The summed E-state index contributed by atoms with van der Waals surface area (Å²) in [6.07, 6.45) is 0. The van der Waals surface area contributed by atoms with Crippen LogP contribution in [0.25, 0.3) is 11.3 Å². The molecule has 0 unspecified atom stereocenters. The zero-order valence-electron chi connectivity index (χ0n) is 19.2. The zero-order chi connectivity index (χ0) is 25.0.